The first kappa shape index (κ1) is 15.8. The molecule has 0 spiro atoms. The van der Waals surface area contributed by atoms with Crippen molar-refractivity contribution in [1.82, 2.24) is 10.2 Å². The van der Waals surface area contributed by atoms with Gasteiger partial charge in [-0.1, -0.05) is 36.8 Å². The molecule has 1 aromatic carbocycles. The molecule has 0 bridgehead atoms. The maximum absolute atomic E-state index is 11.3. The second kappa shape index (κ2) is 8.00. The van der Waals surface area contributed by atoms with Crippen LogP contribution >= 0.6 is 0 Å². The number of benzene rings is 1. The zero-order valence-electron chi connectivity index (χ0n) is 12.5. The number of rotatable bonds is 5. The highest BCUT2D eigenvalue weighted by Gasteiger charge is 2.29. The summed E-state index contributed by atoms with van der Waals surface area (Å²) >= 11 is 0. The first-order chi connectivity index (χ1) is 10.3. The summed E-state index contributed by atoms with van der Waals surface area (Å²) in [5.74, 6) is 0. The van der Waals surface area contributed by atoms with E-state index in [1.54, 1.807) is 0 Å². The van der Waals surface area contributed by atoms with E-state index in [0.29, 0.717) is 6.54 Å². The number of hydrogen-bond acceptors (Lipinski definition) is 4. The van der Waals surface area contributed by atoms with Crippen LogP contribution in [-0.4, -0.2) is 48.9 Å². The third-order valence-corrected chi connectivity index (χ3v) is 4.10. The van der Waals surface area contributed by atoms with Gasteiger partial charge in [0.2, 0.25) is 0 Å². The Morgan fingerprint density at radius 2 is 2.19 bits per heavy atom. The SMILES string of the molecule is COC(=O)NC[C@@H]1CCCCN1[C@@H](CO)c1ccccc1. The number of carbonyl (C=O) groups is 1. The molecule has 1 aliphatic heterocycles. The number of carbonyl (C=O) groups excluding carboxylic acids is 1. The third kappa shape index (κ3) is 4.19. The minimum absolute atomic E-state index is 0.0176. The largest absolute Gasteiger partial charge is 0.453 e. The average molecular weight is 292 g/mol. The van der Waals surface area contributed by atoms with E-state index in [1.165, 1.54) is 7.11 Å². The van der Waals surface area contributed by atoms with Crippen LogP contribution < -0.4 is 5.32 Å². The highest BCUT2D eigenvalue weighted by molar-refractivity contribution is 5.66. The Morgan fingerprint density at radius 3 is 2.86 bits per heavy atom. The number of nitrogens with one attached hydrogen (secondary N) is 1. The lowest BCUT2D eigenvalue weighted by molar-refractivity contribution is 0.0556. The summed E-state index contributed by atoms with van der Waals surface area (Å²) in [5.41, 5.74) is 1.12. The number of piperidine rings is 1. The number of ether oxygens (including phenoxy) is 1. The van der Waals surface area contributed by atoms with E-state index in [1.807, 2.05) is 30.3 Å². The molecule has 1 aliphatic rings. The molecular weight excluding hydrogens is 268 g/mol. The molecule has 2 N–H and O–H groups in total. The van der Waals surface area contributed by atoms with Gasteiger partial charge in [-0.05, 0) is 24.9 Å². The molecule has 2 atom stereocenters. The van der Waals surface area contributed by atoms with Gasteiger partial charge in [0.15, 0.2) is 0 Å². The van der Waals surface area contributed by atoms with Gasteiger partial charge in [-0.2, -0.15) is 0 Å². The maximum Gasteiger partial charge on any atom is 0.406 e. The van der Waals surface area contributed by atoms with E-state index in [-0.39, 0.29) is 18.7 Å². The lowest BCUT2D eigenvalue weighted by Gasteiger charge is -2.40. The van der Waals surface area contributed by atoms with Crippen molar-refractivity contribution >= 4 is 6.09 Å². The molecule has 5 heteroatoms. The number of methoxy groups -OCH3 is 1. The maximum atomic E-state index is 11.3. The van der Waals surface area contributed by atoms with Crippen LogP contribution in [-0.2, 0) is 4.74 Å². The molecule has 1 amide bonds. The number of alkyl carbamates (subject to hydrolysis) is 1. The van der Waals surface area contributed by atoms with Crippen molar-refractivity contribution in [3.63, 3.8) is 0 Å². The van der Waals surface area contributed by atoms with Gasteiger partial charge in [0.1, 0.15) is 0 Å². The number of aliphatic hydroxyl groups excluding tert-OH is 1. The molecule has 0 saturated carbocycles. The second-order valence-corrected chi connectivity index (χ2v) is 5.37. The zero-order valence-corrected chi connectivity index (χ0v) is 12.5. The summed E-state index contributed by atoms with van der Waals surface area (Å²) in [7, 11) is 1.37. The van der Waals surface area contributed by atoms with Crippen molar-refractivity contribution in [2.24, 2.45) is 0 Å². The van der Waals surface area contributed by atoms with Gasteiger partial charge in [-0.15, -0.1) is 0 Å². The second-order valence-electron chi connectivity index (χ2n) is 5.37. The van der Waals surface area contributed by atoms with Crippen LogP contribution in [0, 0.1) is 0 Å². The van der Waals surface area contributed by atoms with Crippen molar-refractivity contribution in [2.45, 2.75) is 31.3 Å². The minimum atomic E-state index is -0.402. The Hall–Kier alpha value is -1.59. The standard InChI is InChI=1S/C16H24N2O3/c1-21-16(20)17-11-14-9-5-6-10-18(14)15(12-19)13-7-3-2-4-8-13/h2-4,7-8,14-15,19H,5-6,9-12H2,1H3,(H,17,20)/t14-,15-/m0/s1. The summed E-state index contributed by atoms with van der Waals surface area (Å²) in [6, 6.07) is 10.3. The summed E-state index contributed by atoms with van der Waals surface area (Å²) in [6.07, 6.45) is 2.89. The van der Waals surface area contributed by atoms with Gasteiger partial charge in [0, 0.05) is 12.6 Å². The molecule has 0 aliphatic carbocycles. The topological polar surface area (TPSA) is 61.8 Å². The van der Waals surface area contributed by atoms with Crippen molar-refractivity contribution in [3.05, 3.63) is 35.9 Å². The first-order valence-corrected chi connectivity index (χ1v) is 7.49. The van der Waals surface area contributed by atoms with Crippen LogP contribution in [0.2, 0.25) is 0 Å². The molecule has 1 aromatic rings. The molecule has 1 fully saturated rings. The van der Waals surface area contributed by atoms with E-state index in [0.717, 1.165) is 31.4 Å². The van der Waals surface area contributed by atoms with Crippen molar-refractivity contribution in [2.75, 3.05) is 26.8 Å². The quantitative estimate of drug-likeness (QED) is 0.870. The Kier molecular flexibility index (Phi) is 6.02. The number of aliphatic hydroxyl groups is 1. The lowest BCUT2D eigenvalue weighted by atomic mass is 9.96. The van der Waals surface area contributed by atoms with E-state index < -0.39 is 6.09 Å². The Labute approximate surface area is 125 Å². The Bertz CT molecular complexity index is 438. The van der Waals surface area contributed by atoms with Gasteiger partial charge >= 0.3 is 6.09 Å². The van der Waals surface area contributed by atoms with Gasteiger partial charge in [-0.3, -0.25) is 4.90 Å². The molecular formula is C16H24N2O3. The predicted octanol–water partition coefficient (Wildman–Crippen LogP) is 1.93. The first-order valence-electron chi connectivity index (χ1n) is 7.49. The summed E-state index contributed by atoms with van der Waals surface area (Å²) in [4.78, 5) is 13.6. The average Bonchev–Trinajstić information content (AvgIpc) is 2.55. The van der Waals surface area contributed by atoms with Crippen molar-refractivity contribution in [1.29, 1.82) is 0 Å². The van der Waals surface area contributed by atoms with Crippen LogP contribution in [0.25, 0.3) is 0 Å². The minimum Gasteiger partial charge on any atom is -0.453 e. The fourth-order valence-electron chi connectivity index (χ4n) is 3.00. The monoisotopic (exact) mass is 292 g/mol. The molecule has 21 heavy (non-hydrogen) atoms. The number of hydrogen-bond donors (Lipinski definition) is 2. The van der Waals surface area contributed by atoms with E-state index >= 15 is 0 Å². The fraction of sp³-hybridized carbons (Fsp3) is 0.562. The Balaban J connectivity index is 2.07. The van der Waals surface area contributed by atoms with Crippen LogP contribution in [0.5, 0.6) is 0 Å². The Morgan fingerprint density at radius 1 is 1.43 bits per heavy atom. The van der Waals surface area contributed by atoms with Crippen molar-refractivity contribution in [3.8, 4) is 0 Å². The van der Waals surface area contributed by atoms with Crippen LogP contribution in [0.1, 0.15) is 30.9 Å². The van der Waals surface area contributed by atoms with Crippen molar-refractivity contribution < 1.29 is 14.6 Å². The predicted molar refractivity (Wildman–Crippen MR) is 81.0 cm³/mol. The van der Waals surface area contributed by atoms with E-state index in [4.69, 9.17) is 0 Å². The highest BCUT2D eigenvalue weighted by atomic mass is 16.5. The number of likely N-dealkylation sites (tertiary alicyclic amines) is 1. The zero-order chi connectivity index (χ0) is 15.1. The highest BCUT2D eigenvalue weighted by Crippen LogP contribution is 2.28. The number of amides is 1. The molecule has 0 aromatic heterocycles. The molecule has 1 saturated heterocycles. The third-order valence-electron chi connectivity index (χ3n) is 4.10. The summed E-state index contributed by atoms with van der Waals surface area (Å²) < 4.78 is 4.63. The fourth-order valence-corrected chi connectivity index (χ4v) is 3.00. The van der Waals surface area contributed by atoms with Crippen LogP contribution in [0.15, 0.2) is 30.3 Å². The van der Waals surface area contributed by atoms with Gasteiger partial charge in [-0.25, -0.2) is 4.79 Å². The van der Waals surface area contributed by atoms with Gasteiger partial charge < -0.3 is 15.2 Å². The molecule has 1 heterocycles. The van der Waals surface area contributed by atoms with Gasteiger partial charge in [0.25, 0.3) is 0 Å². The van der Waals surface area contributed by atoms with E-state index in [2.05, 4.69) is 15.0 Å². The molecule has 0 radical (unpaired) electrons. The van der Waals surface area contributed by atoms with E-state index in [9.17, 15) is 9.90 Å². The normalized spacial score (nSPS) is 20.8. The molecule has 0 unspecified atom stereocenters. The summed E-state index contributed by atoms with van der Waals surface area (Å²) in [6.45, 7) is 1.57. The summed E-state index contributed by atoms with van der Waals surface area (Å²) in [5, 5.41) is 12.6. The smallest absolute Gasteiger partial charge is 0.406 e. The molecule has 116 valence electrons. The molecule has 5 nitrogen and oxygen atoms in total. The number of nitrogens with zero attached hydrogens (tertiary/aromatic N) is 1. The lowest BCUT2D eigenvalue weighted by Crippen LogP contribution is -2.49. The van der Waals surface area contributed by atoms with Crippen LogP contribution in [0.3, 0.4) is 0 Å². The van der Waals surface area contributed by atoms with Gasteiger partial charge in [0.05, 0.1) is 19.8 Å². The van der Waals surface area contributed by atoms with Crippen LogP contribution in [0.4, 0.5) is 4.79 Å². The molecule has 2 rings (SSSR count).